The third-order valence-electron chi connectivity index (χ3n) is 1.20. The predicted octanol–water partition coefficient (Wildman–Crippen LogP) is 3.94. The van der Waals surface area contributed by atoms with Crippen LogP contribution in [0.4, 0.5) is 0 Å². The molecule has 0 saturated carbocycles. The number of halogens is 2. The first-order chi connectivity index (χ1) is 4.22. The van der Waals surface area contributed by atoms with Crippen molar-refractivity contribution in [3.63, 3.8) is 0 Å². The summed E-state index contributed by atoms with van der Waals surface area (Å²) >= 11 is 11.5. The molecule has 0 radical (unpaired) electrons. The van der Waals surface area contributed by atoms with Crippen molar-refractivity contribution in [2.24, 2.45) is 0 Å². The first-order valence-electron chi connectivity index (χ1n) is 2.62. The van der Waals surface area contributed by atoms with Gasteiger partial charge in [-0.3, -0.25) is 0 Å². The van der Waals surface area contributed by atoms with E-state index in [0.717, 1.165) is 15.6 Å². The van der Waals surface area contributed by atoms with Crippen molar-refractivity contribution in [2.75, 3.05) is 0 Å². The van der Waals surface area contributed by atoms with E-state index in [2.05, 4.69) is 0 Å². The maximum absolute atomic E-state index is 5.73. The van der Waals surface area contributed by atoms with Crippen LogP contribution in [0.3, 0.4) is 0 Å². The van der Waals surface area contributed by atoms with Gasteiger partial charge in [0, 0.05) is 10.0 Å². The number of hydrogen-bond acceptors (Lipinski definition) is 0. The minimum Gasteiger partial charge on any atom is -0.0840 e. The highest BCUT2D eigenvalue weighted by Gasteiger charge is 1.96. The smallest absolute Gasteiger partial charge is 0.0450 e. The molecule has 1 aromatic rings. The monoisotopic (exact) mass is 176 g/mol. The van der Waals surface area contributed by atoms with Crippen LogP contribution < -0.4 is 0 Å². The zero-order valence-corrected chi connectivity index (χ0v) is 6.50. The number of benzene rings is 1. The molecule has 0 spiro atoms. The lowest BCUT2D eigenvalue weighted by atomic mass is 10.2. The Balaban J connectivity index is 0.000000810. The Morgan fingerprint density at radius 1 is 1.10 bits per heavy atom. The molecule has 0 atom stereocenters. The molecule has 0 fully saturated rings. The van der Waals surface area contributed by atoms with Gasteiger partial charge in [0.25, 0.3) is 0 Å². The first kappa shape index (κ1) is 9.80. The molecule has 0 aliphatic rings. The van der Waals surface area contributed by atoms with Crippen molar-refractivity contribution in [1.29, 1.82) is 0 Å². The van der Waals surface area contributed by atoms with Crippen molar-refractivity contribution >= 4 is 23.2 Å². The summed E-state index contributed by atoms with van der Waals surface area (Å²) in [5.74, 6) is 0. The van der Waals surface area contributed by atoms with Gasteiger partial charge in [-0.1, -0.05) is 36.7 Å². The Morgan fingerprint density at radius 3 is 1.80 bits per heavy atom. The normalized spacial score (nSPS) is 8.70. The average Bonchev–Trinajstić information content (AvgIpc) is 1.83. The number of rotatable bonds is 0. The molecule has 0 amide bonds. The summed E-state index contributed by atoms with van der Waals surface area (Å²) in [6, 6.07) is 5.48. The molecule has 0 aliphatic heterocycles. The quantitative estimate of drug-likeness (QED) is 0.563. The molecule has 0 bridgehead atoms. The minimum atomic E-state index is 0. The van der Waals surface area contributed by atoms with Gasteiger partial charge in [0.05, 0.1) is 0 Å². The molecule has 1 rings (SSSR count). The van der Waals surface area contributed by atoms with Crippen LogP contribution in [0.2, 0.25) is 10.0 Å². The fraction of sp³-hybridized carbons (Fsp3) is 0.250. The number of hydrogen-bond donors (Lipinski definition) is 0. The highest BCUT2D eigenvalue weighted by atomic mass is 35.5. The molecule has 0 unspecified atom stereocenters. The zero-order valence-electron chi connectivity index (χ0n) is 4.99. The van der Waals surface area contributed by atoms with E-state index < -0.39 is 0 Å². The van der Waals surface area contributed by atoms with Crippen LogP contribution in [0.1, 0.15) is 13.0 Å². The molecule has 0 nitrogen and oxygen atoms in total. The summed E-state index contributed by atoms with van der Waals surface area (Å²) in [6.07, 6.45) is 0. The molecule has 0 saturated heterocycles. The second-order valence-electron chi connectivity index (χ2n) is 1.85. The van der Waals surface area contributed by atoms with Crippen LogP contribution >= 0.6 is 23.2 Å². The lowest BCUT2D eigenvalue weighted by Crippen LogP contribution is -1.73. The van der Waals surface area contributed by atoms with Gasteiger partial charge in [0.15, 0.2) is 0 Å². The summed E-state index contributed by atoms with van der Waals surface area (Å²) < 4.78 is 0. The molecule has 10 heavy (non-hydrogen) atoms. The van der Waals surface area contributed by atoms with Gasteiger partial charge >= 0.3 is 0 Å². The van der Waals surface area contributed by atoms with E-state index in [1.807, 2.05) is 25.1 Å². The Labute approximate surface area is 71.8 Å². The Morgan fingerprint density at radius 2 is 1.50 bits per heavy atom. The van der Waals surface area contributed by atoms with E-state index in [-0.39, 0.29) is 7.43 Å². The Kier molecular flexibility index (Phi) is 3.77. The summed E-state index contributed by atoms with van der Waals surface area (Å²) in [5.41, 5.74) is 0.945. The maximum atomic E-state index is 5.73. The van der Waals surface area contributed by atoms with Crippen molar-refractivity contribution in [3.8, 4) is 0 Å². The second-order valence-corrected chi connectivity index (χ2v) is 2.66. The molecule has 0 aromatic heterocycles. The van der Waals surface area contributed by atoms with E-state index in [1.165, 1.54) is 0 Å². The van der Waals surface area contributed by atoms with Gasteiger partial charge in [-0.25, -0.2) is 0 Å². The highest BCUT2D eigenvalue weighted by molar-refractivity contribution is 6.35. The fourth-order valence-corrected chi connectivity index (χ4v) is 0.979. The van der Waals surface area contributed by atoms with Crippen molar-refractivity contribution in [2.45, 2.75) is 14.4 Å². The van der Waals surface area contributed by atoms with Gasteiger partial charge < -0.3 is 0 Å². The van der Waals surface area contributed by atoms with E-state index in [4.69, 9.17) is 23.2 Å². The van der Waals surface area contributed by atoms with Crippen molar-refractivity contribution in [3.05, 3.63) is 33.8 Å². The van der Waals surface area contributed by atoms with Gasteiger partial charge in [0.1, 0.15) is 0 Å². The molecule has 0 aliphatic carbocycles. The summed E-state index contributed by atoms with van der Waals surface area (Å²) in [4.78, 5) is 0. The van der Waals surface area contributed by atoms with Crippen LogP contribution in [0.15, 0.2) is 18.2 Å². The average molecular weight is 177 g/mol. The molecular formula is C8H10Cl2. The third-order valence-corrected chi connectivity index (χ3v) is 2.02. The van der Waals surface area contributed by atoms with Gasteiger partial charge in [-0.05, 0) is 24.6 Å². The van der Waals surface area contributed by atoms with Gasteiger partial charge in [-0.15, -0.1) is 0 Å². The standard InChI is InChI=1S/C7H6Cl2.CH4/c1-5-6(8)3-2-4-7(5)9;/h2-4H,1H3;1H4. The Bertz CT molecular complexity index is 198. The minimum absolute atomic E-state index is 0. The summed E-state index contributed by atoms with van der Waals surface area (Å²) in [6.45, 7) is 1.89. The van der Waals surface area contributed by atoms with Gasteiger partial charge in [0.2, 0.25) is 0 Å². The van der Waals surface area contributed by atoms with Crippen LogP contribution in [-0.2, 0) is 0 Å². The van der Waals surface area contributed by atoms with Crippen LogP contribution in [0.5, 0.6) is 0 Å². The van der Waals surface area contributed by atoms with Crippen LogP contribution in [0.25, 0.3) is 0 Å². The maximum Gasteiger partial charge on any atom is 0.0450 e. The van der Waals surface area contributed by atoms with Crippen molar-refractivity contribution < 1.29 is 0 Å². The highest BCUT2D eigenvalue weighted by Crippen LogP contribution is 2.21. The summed E-state index contributed by atoms with van der Waals surface area (Å²) in [5, 5.41) is 1.45. The molecule has 0 heterocycles. The largest absolute Gasteiger partial charge is 0.0840 e. The lowest BCUT2D eigenvalue weighted by Gasteiger charge is -1.96. The van der Waals surface area contributed by atoms with E-state index in [0.29, 0.717) is 0 Å². The van der Waals surface area contributed by atoms with Crippen molar-refractivity contribution in [1.82, 2.24) is 0 Å². The molecule has 1 aromatic carbocycles. The second kappa shape index (κ2) is 3.85. The lowest BCUT2D eigenvalue weighted by molar-refractivity contribution is 1.47. The Hall–Kier alpha value is -0.200. The molecular weight excluding hydrogens is 167 g/mol. The molecule has 2 heteroatoms. The topological polar surface area (TPSA) is 0 Å². The van der Waals surface area contributed by atoms with Gasteiger partial charge in [-0.2, -0.15) is 0 Å². The SMILES string of the molecule is C.Cc1c(Cl)cccc1Cl. The van der Waals surface area contributed by atoms with Crippen LogP contribution in [-0.4, -0.2) is 0 Å². The molecule has 0 N–H and O–H groups in total. The molecule has 56 valence electrons. The predicted molar refractivity (Wildman–Crippen MR) is 47.9 cm³/mol. The van der Waals surface area contributed by atoms with E-state index in [9.17, 15) is 0 Å². The first-order valence-corrected chi connectivity index (χ1v) is 3.38. The third kappa shape index (κ3) is 1.89. The van der Waals surface area contributed by atoms with E-state index >= 15 is 0 Å². The zero-order chi connectivity index (χ0) is 6.85. The fourth-order valence-electron chi connectivity index (χ4n) is 0.581. The van der Waals surface area contributed by atoms with Crippen LogP contribution in [0, 0.1) is 6.92 Å². The van der Waals surface area contributed by atoms with E-state index in [1.54, 1.807) is 0 Å². The summed E-state index contributed by atoms with van der Waals surface area (Å²) in [7, 11) is 0.